The molecular weight excluding hydrogens is 300 g/mol. The number of nitrogens with zero attached hydrogens (tertiary/aromatic N) is 2. The fourth-order valence-electron chi connectivity index (χ4n) is 2.52. The van der Waals surface area contributed by atoms with Crippen LogP contribution in [0.25, 0.3) is 11.1 Å². The number of benzene rings is 2. The number of fused-ring (bicyclic) bond motifs is 3. The molecule has 3 rings (SSSR count). The van der Waals surface area contributed by atoms with Crippen LogP contribution in [0, 0.1) is 0 Å². The first kappa shape index (κ1) is 14.6. The predicted octanol–water partition coefficient (Wildman–Crippen LogP) is 1.95. The van der Waals surface area contributed by atoms with Crippen molar-refractivity contribution >= 4 is 21.6 Å². The second-order valence-corrected chi connectivity index (χ2v) is 7.14. The molecule has 1 heterocycles. The molecule has 1 amide bonds. The largest absolute Gasteiger partial charge is 0.347 e. The Morgan fingerprint density at radius 2 is 1.59 bits per heavy atom. The van der Waals surface area contributed by atoms with E-state index in [1.807, 2.05) is 18.2 Å². The molecule has 0 saturated heterocycles. The van der Waals surface area contributed by atoms with Crippen LogP contribution in [0.4, 0.5) is 5.69 Å². The van der Waals surface area contributed by atoms with Gasteiger partial charge in [0.2, 0.25) is 5.91 Å². The lowest BCUT2D eigenvalue weighted by Crippen LogP contribution is -2.42. The highest BCUT2D eigenvalue weighted by molar-refractivity contribution is 7.93. The number of anilines is 1. The molecule has 5 nitrogen and oxygen atoms in total. The highest BCUT2D eigenvalue weighted by Crippen LogP contribution is 2.42. The zero-order chi connectivity index (χ0) is 15.9. The number of hydrogen-bond donors (Lipinski definition) is 0. The Hall–Kier alpha value is -2.34. The Morgan fingerprint density at radius 3 is 2.27 bits per heavy atom. The quantitative estimate of drug-likeness (QED) is 0.851. The molecule has 2 aromatic rings. The summed E-state index contributed by atoms with van der Waals surface area (Å²) in [5, 5.41) is 0. The van der Waals surface area contributed by atoms with E-state index in [4.69, 9.17) is 0 Å². The number of rotatable bonds is 2. The lowest BCUT2D eigenvalue weighted by Gasteiger charge is -2.32. The fourth-order valence-corrected chi connectivity index (χ4v) is 4.16. The van der Waals surface area contributed by atoms with E-state index in [1.165, 1.54) is 9.21 Å². The molecule has 0 aromatic heterocycles. The highest BCUT2D eigenvalue weighted by atomic mass is 32.2. The van der Waals surface area contributed by atoms with Gasteiger partial charge in [0.1, 0.15) is 6.54 Å². The maximum absolute atomic E-state index is 12.9. The number of sulfonamides is 1. The molecule has 0 fully saturated rings. The van der Waals surface area contributed by atoms with Crippen molar-refractivity contribution in [1.29, 1.82) is 0 Å². The summed E-state index contributed by atoms with van der Waals surface area (Å²) in [6.07, 6.45) is 0. The number of likely N-dealkylation sites (N-methyl/N-ethyl adjacent to an activating group) is 1. The van der Waals surface area contributed by atoms with Crippen LogP contribution in [0.2, 0.25) is 0 Å². The summed E-state index contributed by atoms with van der Waals surface area (Å²) < 4.78 is 26.9. The van der Waals surface area contributed by atoms with Crippen LogP contribution in [0.5, 0.6) is 0 Å². The first-order valence-electron chi connectivity index (χ1n) is 6.84. The van der Waals surface area contributed by atoms with Crippen LogP contribution in [-0.4, -0.2) is 39.9 Å². The molecule has 0 atom stereocenters. The van der Waals surface area contributed by atoms with Crippen LogP contribution in [0.3, 0.4) is 0 Å². The van der Waals surface area contributed by atoms with Gasteiger partial charge in [0.15, 0.2) is 0 Å². The van der Waals surface area contributed by atoms with Crippen molar-refractivity contribution in [1.82, 2.24) is 4.90 Å². The van der Waals surface area contributed by atoms with E-state index < -0.39 is 10.0 Å². The average molecular weight is 316 g/mol. The SMILES string of the molecule is CN(C)C(=O)CN1c2ccccc2-c2ccccc2S1(=O)=O. The van der Waals surface area contributed by atoms with E-state index in [9.17, 15) is 13.2 Å². The number of hydrogen-bond acceptors (Lipinski definition) is 3. The van der Waals surface area contributed by atoms with Crippen molar-refractivity contribution in [2.45, 2.75) is 4.90 Å². The lowest BCUT2D eigenvalue weighted by molar-refractivity contribution is -0.127. The molecule has 6 heteroatoms. The lowest BCUT2D eigenvalue weighted by atomic mass is 10.0. The van der Waals surface area contributed by atoms with E-state index in [0.29, 0.717) is 11.3 Å². The normalized spacial score (nSPS) is 14.9. The van der Waals surface area contributed by atoms with Crippen molar-refractivity contribution in [3.63, 3.8) is 0 Å². The van der Waals surface area contributed by atoms with Crippen molar-refractivity contribution in [3.8, 4) is 11.1 Å². The first-order chi connectivity index (χ1) is 10.4. The summed E-state index contributed by atoms with van der Waals surface area (Å²) in [6.45, 7) is -0.208. The van der Waals surface area contributed by atoms with E-state index in [-0.39, 0.29) is 17.3 Å². The standard InChI is InChI=1S/C16H16N2O3S/c1-17(2)16(19)11-18-14-9-5-3-7-12(14)13-8-4-6-10-15(13)22(18,20)21/h3-10H,11H2,1-2H3. The third-order valence-electron chi connectivity index (χ3n) is 3.70. The van der Waals surface area contributed by atoms with Gasteiger partial charge in [-0.3, -0.25) is 9.10 Å². The van der Waals surface area contributed by atoms with Gasteiger partial charge in [0.25, 0.3) is 10.0 Å². The topological polar surface area (TPSA) is 57.7 Å². The smallest absolute Gasteiger partial charge is 0.265 e. The van der Waals surface area contributed by atoms with E-state index in [1.54, 1.807) is 44.4 Å². The van der Waals surface area contributed by atoms with Gasteiger partial charge in [-0.15, -0.1) is 0 Å². The van der Waals surface area contributed by atoms with Crippen molar-refractivity contribution in [2.24, 2.45) is 0 Å². The Morgan fingerprint density at radius 1 is 1.00 bits per heavy atom. The average Bonchev–Trinajstić information content (AvgIpc) is 2.51. The van der Waals surface area contributed by atoms with Gasteiger partial charge >= 0.3 is 0 Å². The van der Waals surface area contributed by atoms with E-state index in [2.05, 4.69) is 0 Å². The molecular formula is C16H16N2O3S. The van der Waals surface area contributed by atoms with Gasteiger partial charge in [-0.05, 0) is 12.1 Å². The minimum atomic E-state index is -3.74. The molecule has 22 heavy (non-hydrogen) atoms. The van der Waals surface area contributed by atoms with Crippen LogP contribution in [0.1, 0.15) is 0 Å². The van der Waals surface area contributed by atoms with Crippen molar-refractivity contribution in [3.05, 3.63) is 48.5 Å². The Bertz CT molecular complexity index is 844. The predicted molar refractivity (Wildman–Crippen MR) is 85.1 cm³/mol. The number of para-hydroxylation sites is 1. The molecule has 1 aliphatic rings. The summed E-state index contributed by atoms with van der Waals surface area (Å²) in [6, 6.07) is 14.1. The molecule has 2 aromatic carbocycles. The van der Waals surface area contributed by atoms with Gasteiger partial charge in [-0.1, -0.05) is 36.4 Å². The molecule has 0 N–H and O–H groups in total. The number of amides is 1. The van der Waals surface area contributed by atoms with Crippen LogP contribution in [0.15, 0.2) is 53.4 Å². The molecule has 0 radical (unpaired) electrons. The van der Waals surface area contributed by atoms with E-state index >= 15 is 0 Å². The van der Waals surface area contributed by atoms with Crippen LogP contribution < -0.4 is 4.31 Å². The monoisotopic (exact) mass is 316 g/mol. The molecule has 0 aliphatic carbocycles. The molecule has 1 aliphatic heterocycles. The zero-order valence-electron chi connectivity index (χ0n) is 12.4. The van der Waals surface area contributed by atoms with E-state index in [0.717, 1.165) is 5.56 Å². The van der Waals surface area contributed by atoms with Gasteiger partial charge in [-0.25, -0.2) is 8.42 Å². The van der Waals surface area contributed by atoms with Gasteiger partial charge in [0, 0.05) is 25.2 Å². The highest BCUT2D eigenvalue weighted by Gasteiger charge is 2.35. The summed E-state index contributed by atoms with van der Waals surface area (Å²) >= 11 is 0. The third-order valence-corrected chi connectivity index (χ3v) is 5.51. The third kappa shape index (κ3) is 2.16. The summed E-state index contributed by atoms with van der Waals surface area (Å²) in [5.41, 5.74) is 2.03. The minimum Gasteiger partial charge on any atom is -0.347 e. The fraction of sp³-hybridized carbons (Fsp3) is 0.188. The second kappa shape index (κ2) is 5.14. The Kier molecular flexibility index (Phi) is 3.41. The zero-order valence-corrected chi connectivity index (χ0v) is 13.2. The van der Waals surface area contributed by atoms with Gasteiger partial charge < -0.3 is 4.90 Å². The van der Waals surface area contributed by atoms with Crippen LogP contribution in [-0.2, 0) is 14.8 Å². The summed E-state index contributed by atoms with van der Waals surface area (Å²) in [4.78, 5) is 13.7. The minimum absolute atomic E-state index is 0.208. The molecule has 0 spiro atoms. The molecule has 0 saturated carbocycles. The molecule has 0 bridgehead atoms. The van der Waals surface area contributed by atoms with Crippen molar-refractivity contribution in [2.75, 3.05) is 24.9 Å². The van der Waals surface area contributed by atoms with Crippen molar-refractivity contribution < 1.29 is 13.2 Å². The first-order valence-corrected chi connectivity index (χ1v) is 8.28. The second-order valence-electron chi connectivity index (χ2n) is 5.31. The number of carbonyl (C=O) groups excluding carboxylic acids is 1. The van der Waals surface area contributed by atoms with Crippen LogP contribution >= 0.6 is 0 Å². The van der Waals surface area contributed by atoms with Gasteiger partial charge in [0.05, 0.1) is 10.6 Å². The van der Waals surface area contributed by atoms with Gasteiger partial charge in [-0.2, -0.15) is 0 Å². The maximum atomic E-state index is 12.9. The molecule has 0 unspecified atom stereocenters. The maximum Gasteiger partial charge on any atom is 0.265 e. The summed E-state index contributed by atoms with van der Waals surface area (Å²) in [5.74, 6) is -0.266. The summed E-state index contributed by atoms with van der Waals surface area (Å²) in [7, 11) is -0.519. The number of carbonyl (C=O) groups is 1. The Balaban J connectivity index is 2.22. The Labute approximate surface area is 129 Å². The molecule has 114 valence electrons.